The molecule has 62 valence electrons. The van der Waals surface area contributed by atoms with Gasteiger partial charge < -0.3 is 9.73 Å². The molecule has 2 heterocycles. The van der Waals surface area contributed by atoms with Gasteiger partial charge in [0.05, 0.1) is 0 Å². The molecular formula is C7H12N2O2. The molecule has 0 radical (unpaired) electrons. The van der Waals surface area contributed by atoms with Crippen LogP contribution >= 0.6 is 0 Å². The van der Waals surface area contributed by atoms with Crippen LogP contribution in [0, 0.1) is 0 Å². The summed E-state index contributed by atoms with van der Waals surface area (Å²) in [5.74, 6) is -0.407. The SMILES string of the molecule is C1CCNC1.O=c1[nH]cco1. The lowest BCUT2D eigenvalue weighted by Crippen LogP contribution is -2.03. The summed E-state index contributed by atoms with van der Waals surface area (Å²) < 4.78 is 4.22. The number of aromatic nitrogens is 1. The first-order valence-corrected chi connectivity index (χ1v) is 3.72. The summed E-state index contributed by atoms with van der Waals surface area (Å²) in [6, 6.07) is 0. The second kappa shape index (κ2) is 4.73. The number of hydrogen-bond donors (Lipinski definition) is 2. The van der Waals surface area contributed by atoms with E-state index in [1.165, 1.54) is 38.4 Å². The molecular weight excluding hydrogens is 144 g/mol. The molecule has 4 nitrogen and oxygen atoms in total. The lowest BCUT2D eigenvalue weighted by molar-refractivity contribution is 0.515. The summed E-state index contributed by atoms with van der Waals surface area (Å²) in [5.41, 5.74) is 0. The summed E-state index contributed by atoms with van der Waals surface area (Å²) in [6.45, 7) is 2.50. The van der Waals surface area contributed by atoms with Crippen molar-refractivity contribution in [2.75, 3.05) is 13.1 Å². The van der Waals surface area contributed by atoms with E-state index in [0.29, 0.717) is 0 Å². The molecule has 0 aromatic carbocycles. The molecule has 1 saturated heterocycles. The van der Waals surface area contributed by atoms with Gasteiger partial charge >= 0.3 is 5.76 Å². The first-order valence-electron chi connectivity index (χ1n) is 3.72. The topological polar surface area (TPSA) is 58.0 Å². The molecule has 1 aliphatic rings. The van der Waals surface area contributed by atoms with E-state index in [9.17, 15) is 4.79 Å². The molecule has 2 N–H and O–H groups in total. The third-order valence-corrected chi connectivity index (χ3v) is 1.40. The molecule has 1 aromatic heterocycles. The Bertz CT molecular complexity index is 200. The molecule has 1 aromatic rings. The Hall–Kier alpha value is -1.03. The van der Waals surface area contributed by atoms with Crippen LogP contribution in [0.25, 0.3) is 0 Å². The van der Waals surface area contributed by atoms with E-state index in [4.69, 9.17) is 0 Å². The predicted octanol–water partition coefficient (Wildman–Crippen LogP) is 0.338. The largest absolute Gasteiger partial charge is 0.417 e. The van der Waals surface area contributed by atoms with Crippen LogP contribution in [0.1, 0.15) is 12.8 Å². The van der Waals surface area contributed by atoms with Gasteiger partial charge in [0.25, 0.3) is 0 Å². The number of nitrogens with one attached hydrogen (secondary N) is 2. The fourth-order valence-electron chi connectivity index (χ4n) is 0.857. The van der Waals surface area contributed by atoms with Gasteiger partial charge in [-0.25, -0.2) is 4.79 Å². The Morgan fingerprint density at radius 1 is 1.36 bits per heavy atom. The number of aromatic amines is 1. The molecule has 2 rings (SSSR count). The second-order valence-corrected chi connectivity index (χ2v) is 2.31. The number of oxazole rings is 1. The van der Waals surface area contributed by atoms with Crippen molar-refractivity contribution < 1.29 is 4.42 Å². The third-order valence-electron chi connectivity index (χ3n) is 1.40. The number of rotatable bonds is 0. The van der Waals surface area contributed by atoms with Gasteiger partial charge in [-0.05, 0) is 25.9 Å². The Morgan fingerprint density at radius 2 is 2.09 bits per heavy atom. The molecule has 0 spiro atoms. The molecule has 1 fully saturated rings. The standard InChI is InChI=1S/C4H9N.C3H3NO2/c1-2-4-5-3-1;5-3-4-1-2-6-3/h5H,1-4H2;1-2H,(H,4,5). The van der Waals surface area contributed by atoms with Crippen LogP contribution in [0.15, 0.2) is 21.7 Å². The normalized spacial score (nSPS) is 15.6. The fraction of sp³-hybridized carbons (Fsp3) is 0.571. The van der Waals surface area contributed by atoms with Crippen LogP contribution in [0.3, 0.4) is 0 Å². The van der Waals surface area contributed by atoms with Gasteiger partial charge in [-0.15, -0.1) is 0 Å². The Labute approximate surface area is 64.6 Å². The quantitative estimate of drug-likeness (QED) is 0.569. The van der Waals surface area contributed by atoms with Crippen molar-refractivity contribution in [2.45, 2.75) is 12.8 Å². The van der Waals surface area contributed by atoms with Crippen molar-refractivity contribution in [3.63, 3.8) is 0 Å². The van der Waals surface area contributed by atoms with Crippen molar-refractivity contribution >= 4 is 0 Å². The minimum absolute atomic E-state index is 0.407. The van der Waals surface area contributed by atoms with Gasteiger partial charge in [-0.2, -0.15) is 0 Å². The molecule has 0 atom stereocenters. The number of hydrogen-bond acceptors (Lipinski definition) is 3. The van der Waals surface area contributed by atoms with Gasteiger partial charge in [0, 0.05) is 6.20 Å². The van der Waals surface area contributed by atoms with E-state index in [2.05, 4.69) is 14.7 Å². The average molecular weight is 156 g/mol. The van der Waals surface area contributed by atoms with E-state index in [1.807, 2.05) is 0 Å². The highest BCUT2D eigenvalue weighted by Gasteiger charge is 1.93. The molecule has 0 saturated carbocycles. The van der Waals surface area contributed by atoms with E-state index in [-0.39, 0.29) is 0 Å². The molecule has 0 bridgehead atoms. The Kier molecular flexibility index (Phi) is 3.47. The summed E-state index contributed by atoms with van der Waals surface area (Å²) >= 11 is 0. The fourth-order valence-corrected chi connectivity index (χ4v) is 0.857. The second-order valence-electron chi connectivity index (χ2n) is 2.31. The molecule has 0 aliphatic carbocycles. The van der Waals surface area contributed by atoms with Gasteiger partial charge in [0.2, 0.25) is 0 Å². The highest BCUT2D eigenvalue weighted by atomic mass is 16.4. The van der Waals surface area contributed by atoms with Crippen LogP contribution < -0.4 is 11.1 Å². The Balaban J connectivity index is 0.000000112. The van der Waals surface area contributed by atoms with E-state index in [0.717, 1.165) is 0 Å². The van der Waals surface area contributed by atoms with Crippen molar-refractivity contribution in [1.82, 2.24) is 10.3 Å². The maximum absolute atomic E-state index is 9.85. The summed E-state index contributed by atoms with van der Waals surface area (Å²) in [5, 5.41) is 3.22. The van der Waals surface area contributed by atoms with E-state index in [1.54, 1.807) is 0 Å². The smallest absolute Gasteiger partial charge is 0.416 e. The van der Waals surface area contributed by atoms with Crippen molar-refractivity contribution in [3.8, 4) is 0 Å². The van der Waals surface area contributed by atoms with Gasteiger partial charge in [-0.1, -0.05) is 0 Å². The molecule has 0 amide bonds. The van der Waals surface area contributed by atoms with Gasteiger partial charge in [0.15, 0.2) is 0 Å². The van der Waals surface area contributed by atoms with Crippen LogP contribution in [0.2, 0.25) is 0 Å². The molecule has 1 aliphatic heterocycles. The summed E-state index contributed by atoms with van der Waals surface area (Å²) in [7, 11) is 0. The zero-order valence-electron chi connectivity index (χ0n) is 6.30. The summed E-state index contributed by atoms with van der Waals surface area (Å²) in [4.78, 5) is 12.1. The maximum atomic E-state index is 9.85. The average Bonchev–Trinajstić information content (AvgIpc) is 2.57. The van der Waals surface area contributed by atoms with E-state index < -0.39 is 5.76 Å². The Morgan fingerprint density at radius 3 is 2.27 bits per heavy atom. The lowest BCUT2D eigenvalue weighted by Gasteiger charge is -1.76. The first-order chi connectivity index (χ1) is 5.39. The monoisotopic (exact) mass is 156 g/mol. The van der Waals surface area contributed by atoms with Gasteiger partial charge in [-0.3, -0.25) is 4.98 Å². The van der Waals surface area contributed by atoms with Crippen molar-refractivity contribution in [2.24, 2.45) is 0 Å². The lowest BCUT2D eigenvalue weighted by atomic mass is 10.4. The van der Waals surface area contributed by atoms with Crippen LogP contribution in [-0.2, 0) is 0 Å². The zero-order chi connectivity index (χ0) is 7.94. The third kappa shape index (κ3) is 3.62. The van der Waals surface area contributed by atoms with Crippen LogP contribution in [-0.4, -0.2) is 18.1 Å². The highest BCUT2D eigenvalue weighted by Crippen LogP contribution is 1.90. The minimum atomic E-state index is -0.407. The molecule has 4 heteroatoms. The highest BCUT2D eigenvalue weighted by molar-refractivity contribution is 4.58. The number of H-pyrrole nitrogens is 1. The minimum Gasteiger partial charge on any atom is -0.417 e. The van der Waals surface area contributed by atoms with E-state index >= 15 is 0 Å². The van der Waals surface area contributed by atoms with Crippen LogP contribution in [0.4, 0.5) is 0 Å². The summed E-state index contributed by atoms with van der Waals surface area (Å²) in [6.07, 6.45) is 5.50. The van der Waals surface area contributed by atoms with Crippen molar-refractivity contribution in [3.05, 3.63) is 23.0 Å². The van der Waals surface area contributed by atoms with Crippen molar-refractivity contribution in [1.29, 1.82) is 0 Å². The van der Waals surface area contributed by atoms with Crippen LogP contribution in [0.5, 0.6) is 0 Å². The zero-order valence-corrected chi connectivity index (χ0v) is 6.30. The first kappa shape index (κ1) is 8.07. The maximum Gasteiger partial charge on any atom is 0.416 e. The molecule has 11 heavy (non-hydrogen) atoms. The predicted molar refractivity (Wildman–Crippen MR) is 41.4 cm³/mol. The van der Waals surface area contributed by atoms with Gasteiger partial charge in [0.1, 0.15) is 6.26 Å². The molecule has 0 unspecified atom stereocenters.